The molecular formula is C21H28O5S. The van der Waals surface area contributed by atoms with E-state index >= 15 is 0 Å². The van der Waals surface area contributed by atoms with Gasteiger partial charge in [0, 0.05) is 6.07 Å². The first-order valence-electron chi connectivity index (χ1n) is 9.47. The Hall–Kier alpha value is -2.05. The Labute approximate surface area is 161 Å². The highest BCUT2D eigenvalue weighted by Crippen LogP contribution is 2.32. The summed E-state index contributed by atoms with van der Waals surface area (Å²) in [5.74, 6) is 0.479. The Morgan fingerprint density at radius 2 is 1.63 bits per heavy atom. The molecule has 148 valence electrons. The molecule has 2 N–H and O–H groups in total. The second kappa shape index (κ2) is 10.3. The maximum absolute atomic E-state index is 11.2. The fourth-order valence-corrected chi connectivity index (χ4v) is 3.42. The van der Waals surface area contributed by atoms with Crippen LogP contribution in [0.4, 0.5) is 0 Å². The molecule has 2 aromatic carbocycles. The number of aromatic hydroxyl groups is 1. The molecule has 2 rings (SSSR count). The first-order valence-corrected chi connectivity index (χ1v) is 10.9. The number of benzene rings is 2. The smallest absolute Gasteiger partial charge is 0.294 e. The highest BCUT2D eigenvalue weighted by molar-refractivity contribution is 7.85. The second-order valence-corrected chi connectivity index (χ2v) is 8.15. The molecule has 0 spiro atoms. The van der Waals surface area contributed by atoms with Gasteiger partial charge in [0.2, 0.25) is 0 Å². The minimum Gasteiger partial charge on any atom is -0.504 e. The topological polar surface area (TPSA) is 83.8 Å². The summed E-state index contributed by atoms with van der Waals surface area (Å²) in [6, 6.07) is 10.8. The van der Waals surface area contributed by atoms with Gasteiger partial charge in [-0.2, -0.15) is 8.42 Å². The predicted octanol–water partition coefficient (Wildman–Crippen LogP) is 5.72. The van der Waals surface area contributed by atoms with Crippen molar-refractivity contribution in [1.29, 1.82) is 0 Å². The number of phenols is 1. The summed E-state index contributed by atoms with van der Waals surface area (Å²) in [5, 5.41) is 10.0. The molecular weight excluding hydrogens is 364 g/mol. The van der Waals surface area contributed by atoms with Crippen LogP contribution in [-0.4, -0.2) is 18.1 Å². The fraction of sp³-hybridized carbons (Fsp3) is 0.429. The highest BCUT2D eigenvalue weighted by Gasteiger charge is 2.12. The molecule has 2 aromatic rings. The van der Waals surface area contributed by atoms with Crippen LogP contribution in [0.3, 0.4) is 0 Å². The zero-order valence-electron chi connectivity index (χ0n) is 15.7. The summed E-state index contributed by atoms with van der Waals surface area (Å²) in [6.07, 6.45) is 9.53. The summed E-state index contributed by atoms with van der Waals surface area (Å²) >= 11 is 0. The molecule has 0 unspecified atom stereocenters. The number of unbranched alkanes of at least 4 members (excludes halogenated alkanes) is 6. The number of aryl methyl sites for hydroxylation is 1. The van der Waals surface area contributed by atoms with Gasteiger partial charge in [-0.05, 0) is 42.7 Å². The molecule has 5 nitrogen and oxygen atoms in total. The molecule has 0 aliphatic rings. The van der Waals surface area contributed by atoms with Crippen molar-refractivity contribution in [2.45, 2.75) is 63.2 Å². The van der Waals surface area contributed by atoms with Crippen LogP contribution >= 0.6 is 0 Å². The highest BCUT2D eigenvalue weighted by atomic mass is 32.2. The summed E-state index contributed by atoms with van der Waals surface area (Å²) < 4.78 is 37.2. The molecule has 0 aromatic heterocycles. The van der Waals surface area contributed by atoms with Gasteiger partial charge < -0.3 is 9.84 Å². The van der Waals surface area contributed by atoms with Crippen LogP contribution in [0, 0.1) is 0 Å². The van der Waals surface area contributed by atoms with Gasteiger partial charge in [-0.15, -0.1) is 0 Å². The lowest BCUT2D eigenvalue weighted by Crippen LogP contribution is -1.98. The van der Waals surface area contributed by atoms with Crippen LogP contribution in [0.15, 0.2) is 47.4 Å². The molecule has 0 amide bonds. The molecule has 0 saturated carbocycles. The average Bonchev–Trinajstić information content (AvgIpc) is 2.63. The number of ether oxygens (including phenoxy) is 1. The first kappa shape index (κ1) is 21.3. The van der Waals surface area contributed by atoms with E-state index < -0.39 is 10.1 Å². The quantitative estimate of drug-likeness (QED) is 0.377. The lowest BCUT2D eigenvalue weighted by molar-refractivity contribution is 0.409. The van der Waals surface area contributed by atoms with E-state index in [0.717, 1.165) is 18.4 Å². The third kappa shape index (κ3) is 7.23. The van der Waals surface area contributed by atoms with Crippen LogP contribution in [-0.2, 0) is 16.5 Å². The maximum Gasteiger partial charge on any atom is 0.294 e. The zero-order chi connectivity index (χ0) is 19.7. The van der Waals surface area contributed by atoms with E-state index in [2.05, 4.69) is 6.92 Å². The average molecular weight is 393 g/mol. The van der Waals surface area contributed by atoms with Crippen molar-refractivity contribution >= 4 is 10.1 Å². The molecule has 0 aliphatic heterocycles. The van der Waals surface area contributed by atoms with Crippen molar-refractivity contribution in [2.24, 2.45) is 0 Å². The van der Waals surface area contributed by atoms with Gasteiger partial charge in [0.1, 0.15) is 5.75 Å². The van der Waals surface area contributed by atoms with Crippen molar-refractivity contribution < 1.29 is 22.8 Å². The van der Waals surface area contributed by atoms with Gasteiger partial charge in [0.25, 0.3) is 10.1 Å². The third-order valence-corrected chi connectivity index (χ3v) is 5.27. The van der Waals surface area contributed by atoms with Gasteiger partial charge in [-0.25, -0.2) is 0 Å². The molecule has 0 bridgehead atoms. The monoisotopic (exact) mass is 392 g/mol. The zero-order valence-corrected chi connectivity index (χ0v) is 16.5. The van der Waals surface area contributed by atoms with E-state index in [1.54, 1.807) is 18.2 Å². The van der Waals surface area contributed by atoms with E-state index in [1.165, 1.54) is 56.7 Å². The van der Waals surface area contributed by atoms with E-state index in [9.17, 15) is 13.5 Å². The lowest BCUT2D eigenvalue weighted by atomic mass is 10.0. The Morgan fingerprint density at radius 3 is 2.33 bits per heavy atom. The summed E-state index contributed by atoms with van der Waals surface area (Å²) in [7, 11) is -4.30. The predicted molar refractivity (Wildman–Crippen MR) is 106 cm³/mol. The molecule has 0 fully saturated rings. The summed E-state index contributed by atoms with van der Waals surface area (Å²) in [5.41, 5.74) is 1.06. The van der Waals surface area contributed by atoms with Gasteiger partial charge in [0.05, 0.1) is 4.90 Å². The van der Waals surface area contributed by atoms with Crippen molar-refractivity contribution in [2.75, 3.05) is 0 Å². The van der Waals surface area contributed by atoms with Gasteiger partial charge in [-0.3, -0.25) is 4.55 Å². The Balaban J connectivity index is 1.95. The maximum atomic E-state index is 11.2. The standard InChI is InChI=1S/C21H28O5S/c1-2-3-4-5-6-7-8-10-17-13-14-20(22)21(15-17)26-18-11-9-12-19(16-18)27(23,24)25/h9,11-16,22H,2-8,10H2,1H3,(H,23,24,25). The minimum atomic E-state index is -4.30. The molecule has 0 saturated heterocycles. The van der Waals surface area contributed by atoms with E-state index in [4.69, 9.17) is 9.29 Å². The molecule has 0 atom stereocenters. The Bertz CT molecular complexity index is 830. The summed E-state index contributed by atoms with van der Waals surface area (Å²) in [4.78, 5) is -0.251. The van der Waals surface area contributed by atoms with Crippen molar-refractivity contribution in [3.8, 4) is 17.2 Å². The normalized spacial score (nSPS) is 11.5. The fourth-order valence-electron chi connectivity index (χ4n) is 2.91. The minimum absolute atomic E-state index is 0.0180. The molecule has 0 radical (unpaired) electrons. The Kier molecular flexibility index (Phi) is 8.13. The van der Waals surface area contributed by atoms with E-state index in [-0.39, 0.29) is 22.1 Å². The Morgan fingerprint density at radius 1 is 0.926 bits per heavy atom. The van der Waals surface area contributed by atoms with Gasteiger partial charge in [0.15, 0.2) is 11.5 Å². The van der Waals surface area contributed by atoms with Crippen LogP contribution in [0.1, 0.15) is 57.4 Å². The van der Waals surface area contributed by atoms with Crippen molar-refractivity contribution in [3.63, 3.8) is 0 Å². The molecule has 27 heavy (non-hydrogen) atoms. The lowest BCUT2D eigenvalue weighted by Gasteiger charge is -2.10. The van der Waals surface area contributed by atoms with Gasteiger partial charge in [-0.1, -0.05) is 57.6 Å². The SMILES string of the molecule is CCCCCCCCCc1ccc(O)c(Oc2cccc(S(=O)(=O)O)c2)c1. The largest absolute Gasteiger partial charge is 0.504 e. The van der Waals surface area contributed by atoms with Crippen LogP contribution in [0.5, 0.6) is 17.2 Å². The van der Waals surface area contributed by atoms with Crippen LogP contribution in [0.25, 0.3) is 0 Å². The first-order chi connectivity index (χ1) is 12.9. The number of rotatable bonds is 11. The number of phenolic OH excluding ortho intramolecular Hbond substituents is 1. The second-order valence-electron chi connectivity index (χ2n) is 6.73. The van der Waals surface area contributed by atoms with Crippen LogP contribution in [0.2, 0.25) is 0 Å². The number of hydrogen-bond donors (Lipinski definition) is 2. The molecule has 0 aliphatic carbocycles. The molecule has 0 heterocycles. The van der Waals surface area contributed by atoms with Gasteiger partial charge >= 0.3 is 0 Å². The summed E-state index contributed by atoms with van der Waals surface area (Å²) in [6.45, 7) is 2.21. The van der Waals surface area contributed by atoms with Crippen LogP contribution < -0.4 is 4.74 Å². The van der Waals surface area contributed by atoms with Crippen molar-refractivity contribution in [1.82, 2.24) is 0 Å². The van der Waals surface area contributed by atoms with E-state index in [1.807, 2.05) is 6.07 Å². The molecule has 6 heteroatoms. The number of hydrogen-bond acceptors (Lipinski definition) is 4. The van der Waals surface area contributed by atoms with Crippen molar-refractivity contribution in [3.05, 3.63) is 48.0 Å². The third-order valence-electron chi connectivity index (χ3n) is 4.42. The van der Waals surface area contributed by atoms with E-state index in [0.29, 0.717) is 0 Å².